The number of H-pyrrole nitrogens is 1. The van der Waals surface area contributed by atoms with Crippen LogP contribution in [0.1, 0.15) is 45.9 Å². The first kappa shape index (κ1) is 16.4. The minimum atomic E-state index is -0.537. The molecule has 1 aliphatic carbocycles. The number of hydrogen-bond acceptors (Lipinski definition) is 6. The summed E-state index contributed by atoms with van der Waals surface area (Å²) < 4.78 is 8.86. The van der Waals surface area contributed by atoms with Crippen LogP contribution in [-0.2, 0) is 0 Å². The lowest BCUT2D eigenvalue weighted by Gasteiger charge is -2.20. The Morgan fingerprint density at radius 2 is 2.25 bits per heavy atom. The molecule has 128 valence electrons. The number of carbonyl (C=O) groups excluding carboxylic acids is 2. The number of rotatable bonds is 5. The van der Waals surface area contributed by atoms with Gasteiger partial charge in [-0.25, -0.2) is 0 Å². The summed E-state index contributed by atoms with van der Waals surface area (Å²) in [4.78, 5) is 35.8. The van der Waals surface area contributed by atoms with Crippen LogP contribution < -0.4 is 16.2 Å². The molecule has 2 heterocycles. The van der Waals surface area contributed by atoms with E-state index in [1.54, 1.807) is 18.4 Å². The average Bonchev–Trinajstić information content (AvgIpc) is 3.27. The predicted octanol–water partition coefficient (Wildman–Crippen LogP) is 1.06. The molecule has 2 aromatic rings. The van der Waals surface area contributed by atoms with E-state index in [9.17, 15) is 14.4 Å². The van der Waals surface area contributed by atoms with Crippen molar-refractivity contribution in [3.8, 4) is 0 Å². The summed E-state index contributed by atoms with van der Waals surface area (Å²) in [6, 6.07) is 1.67. The van der Waals surface area contributed by atoms with E-state index >= 15 is 0 Å². The van der Waals surface area contributed by atoms with Crippen LogP contribution in [0.2, 0.25) is 0 Å². The number of nitrogens with one attached hydrogen (secondary N) is 3. The zero-order valence-electron chi connectivity index (χ0n) is 13.1. The molecule has 2 atom stereocenters. The number of nitrogens with zero attached hydrogens (tertiary/aromatic N) is 1. The average molecular weight is 350 g/mol. The molecule has 8 nitrogen and oxygen atoms in total. The van der Waals surface area contributed by atoms with Crippen LogP contribution in [0.4, 0.5) is 0 Å². The SMILES string of the molecule is Cc1o[nH]c(=O)c1C(=O)NCC1CCCC1NC(=O)c1ccsn1. The van der Waals surface area contributed by atoms with E-state index in [0.29, 0.717) is 12.2 Å². The van der Waals surface area contributed by atoms with E-state index in [1.807, 2.05) is 0 Å². The largest absolute Gasteiger partial charge is 0.383 e. The number of amides is 2. The van der Waals surface area contributed by atoms with Crippen LogP contribution in [0.3, 0.4) is 0 Å². The van der Waals surface area contributed by atoms with Gasteiger partial charge in [-0.3, -0.25) is 14.4 Å². The highest BCUT2D eigenvalue weighted by atomic mass is 32.1. The first-order chi connectivity index (χ1) is 11.6. The topological polar surface area (TPSA) is 117 Å². The highest BCUT2D eigenvalue weighted by molar-refractivity contribution is 7.03. The van der Waals surface area contributed by atoms with Crippen molar-refractivity contribution in [3.63, 3.8) is 0 Å². The minimum absolute atomic E-state index is 0.00365. The second-order valence-electron chi connectivity index (χ2n) is 5.83. The van der Waals surface area contributed by atoms with Gasteiger partial charge in [-0.15, -0.1) is 0 Å². The van der Waals surface area contributed by atoms with Gasteiger partial charge in [0, 0.05) is 18.0 Å². The van der Waals surface area contributed by atoms with Crippen LogP contribution in [0.5, 0.6) is 0 Å². The van der Waals surface area contributed by atoms with E-state index in [4.69, 9.17) is 4.52 Å². The number of aryl methyl sites for hydroxylation is 1. The van der Waals surface area contributed by atoms with Crippen LogP contribution >= 0.6 is 11.5 Å². The molecule has 3 N–H and O–H groups in total. The normalized spacial score (nSPS) is 20.0. The summed E-state index contributed by atoms with van der Waals surface area (Å²) in [6.07, 6.45) is 2.75. The van der Waals surface area contributed by atoms with E-state index in [1.165, 1.54) is 11.5 Å². The van der Waals surface area contributed by atoms with E-state index in [-0.39, 0.29) is 29.2 Å². The molecule has 9 heteroatoms. The summed E-state index contributed by atoms with van der Waals surface area (Å²) in [5.41, 5.74) is -0.129. The molecule has 1 fully saturated rings. The number of carbonyl (C=O) groups is 2. The molecule has 3 rings (SSSR count). The quantitative estimate of drug-likeness (QED) is 0.745. The molecule has 2 amide bonds. The van der Waals surface area contributed by atoms with E-state index < -0.39 is 11.5 Å². The van der Waals surface area contributed by atoms with Crippen molar-refractivity contribution in [1.29, 1.82) is 0 Å². The number of aromatic amines is 1. The lowest BCUT2D eigenvalue weighted by molar-refractivity contribution is 0.0918. The summed E-state index contributed by atoms with van der Waals surface area (Å²) in [7, 11) is 0. The molecule has 24 heavy (non-hydrogen) atoms. The monoisotopic (exact) mass is 350 g/mol. The van der Waals surface area contributed by atoms with Crippen LogP contribution in [0.25, 0.3) is 0 Å². The summed E-state index contributed by atoms with van der Waals surface area (Å²) in [5, 5.41) is 9.64. The van der Waals surface area contributed by atoms with Gasteiger partial charge in [0.1, 0.15) is 17.0 Å². The van der Waals surface area contributed by atoms with Crippen molar-refractivity contribution in [2.75, 3.05) is 6.54 Å². The highest BCUT2D eigenvalue weighted by Crippen LogP contribution is 2.25. The standard InChI is InChI=1S/C15H18N4O4S/c1-8-12(15(22)18-23-8)14(21)16-7-9-3-2-4-10(9)17-13(20)11-5-6-24-19-11/h5-6,9-10H,2-4,7H2,1H3,(H,16,21)(H,17,20)(H,18,22). The fraction of sp³-hybridized carbons (Fsp3) is 0.467. The molecular formula is C15H18N4O4S. The molecule has 0 bridgehead atoms. The van der Waals surface area contributed by atoms with Crippen molar-refractivity contribution >= 4 is 23.3 Å². The van der Waals surface area contributed by atoms with Crippen molar-refractivity contribution in [2.45, 2.75) is 32.2 Å². The molecule has 2 aromatic heterocycles. The Bertz CT molecular complexity index is 780. The van der Waals surface area contributed by atoms with Gasteiger partial charge in [0.05, 0.1) is 0 Å². The zero-order valence-corrected chi connectivity index (χ0v) is 13.9. The maximum Gasteiger partial charge on any atom is 0.293 e. The highest BCUT2D eigenvalue weighted by Gasteiger charge is 2.30. The van der Waals surface area contributed by atoms with Gasteiger partial charge in [-0.2, -0.15) is 9.53 Å². The van der Waals surface area contributed by atoms with Crippen molar-refractivity contribution in [2.24, 2.45) is 5.92 Å². The fourth-order valence-electron chi connectivity index (χ4n) is 3.00. The first-order valence-corrected chi connectivity index (χ1v) is 8.57. The zero-order chi connectivity index (χ0) is 17.1. The molecule has 0 saturated heterocycles. The molecule has 2 unspecified atom stereocenters. The van der Waals surface area contributed by atoms with Crippen molar-refractivity contribution in [1.82, 2.24) is 20.2 Å². The maximum atomic E-state index is 12.1. The molecule has 0 aromatic carbocycles. The lowest BCUT2D eigenvalue weighted by atomic mass is 10.0. The first-order valence-electron chi connectivity index (χ1n) is 7.73. The molecule has 1 saturated carbocycles. The minimum Gasteiger partial charge on any atom is -0.383 e. The van der Waals surface area contributed by atoms with E-state index in [0.717, 1.165) is 19.3 Å². The smallest absolute Gasteiger partial charge is 0.293 e. The van der Waals surface area contributed by atoms with Gasteiger partial charge in [-0.05, 0) is 43.3 Å². The lowest BCUT2D eigenvalue weighted by Crippen LogP contribution is -2.42. The van der Waals surface area contributed by atoms with Gasteiger partial charge in [0.15, 0.2) is 0 Å². The predicted molar refractivity (Wildman–Crippen MR) is 87.1 cm³/mol. The Morgan fingerprint density at radius 1 is 1.42 bits per heavy atom. The van der Waals surface area contributed by atoms with Crippen LogP contribution in [0.15, 0.2) is 20.8 Å². The third-order valence-corrected chi connectivity index (χ3v) is 4.83. The van der Waals surface area contributed by atoms with Gasteiger partial charge in [0.25, 0.3) is 17.4 Å². The Kier molecular flexibility index (Phi) is 4.79. The molecule has 1 aliphatic rings. The third-order valence-electron chi connectivity index (χ3n) is 4.27. The number of hydrogen-bond donors (Lipinski definition) is 3. The summed E-state index contributed by atoms with van der Waals surface area (Å²) in [5.74, 6) is -0.263. The summed E-state index contributed by atoms with van der Waals surface area (Å²) >= 11 is 1.23. The summed E-state index contributed by atoms with van der Waals surface area (Å²) in [6.45, 7) is 1.95. The molecular weight excluding hydrogens is 332 g/mol. The van der Waals surface area contributed by atoms with Crippen LogP contribution in [0, 0.1) is 12.8 Å². The second-order valence-corrected chi connectivity index (χ2v) is 6.50. The Morgan fingerprint density at radius 3 is 2.92 bits per heavy atom. The van der Waals surface area contributed by atoms with E-state index in [2.05, 4.69) is 20.2 Å². The van der Waals surface area contributed by atoms with Gasteiger partial charge >= 0.3 is 0 Å². The maximum absolute atomic E-state index is 12.1. The Balaban J connectivity index is 1.57. The number of aromatic nitrogens is 2. The molecule has 0 spiro atoms. The molecule has 0 radical (unpaired) electrons. The van der Waals surface area contributed by atoms with Crippen molar-refractivity contribution in [3.05, 3.63) is 38.8 Å². The van der Waals surface area contributed by atoms with Crippen LogP contribution in [-0.4, -0.2) is 33.9 Å². The second kappa shape index (κ2) is 7.00. The van der Waals surface area contributed by atoms with Gasteiger partial charge < -0.3 is 15.2 Å². The third kappa shape index (κ3) is 3.40. The Hall–Kier alpha value is -2.42. The van der Waals surface area contributed by atoms with Gasteiger partial charge in [0.2, 0.25) is 0 Å². The van der Waals surface area contributed by atoms with Gasteiger partial charge in [-0.1, -0.05) is 6.42 Å². The Labute approximate surface area is 141 Å². The molecule has 0 aliphatic heterocycles. The van der Waals surface area contributed by atoms with Crippen molar-refractivity contribution < 1.29 is 14.1 Å². The fourth-order valence-corrected chi connectivity index (χ4v) is 3.51.